The Bertz CT molecular complexity index is 1160. The van der Waals surface area contributed by atoms with Gasteiger partial charge in [-0.15, -0.1) is 0 Å². The molecule has 3 aromatic carbocycles. The normalized spacial score (nSPS) is 11.0. The predicted molar refractivity (Wildman–Crippen MR) is 108 cm³/mol. The molecule has 0 aliphatic heterocycles. The van der Waals surface area contributed by atoms with Gasteiger partial charge in [-0.05, 0) is 30.7 Å². The Morgan fingerprint density at radius 1 is 1.04 bits per heavy atom. The molecule has 0 N–H and O–H groups in total. The number of rotatable bonds is 4. The van der Waals surface area contributed by atoms with Gasteiger partial charge < -0.3 is 0 Å². The first kappa shape index (κ1) is 18.3. The van der Waals surface area contributed by atoms with Crippen LogP contribution < -0.4 is 4.90 Å². The lowest BCUT2D eigenvalue weighted by Crippen LogP contribution is -2.30. The first-order chi connectivity index (χ1) is 13.5. The van der Waals surface area contributed by atoms with Gasteiger partial charge in [0.15, 0.2) is 10.9 Å². The number of hydrogen-bond donors (Lipinski definition) is 0. The van der Waals surface area contributed by atoms with E-state index in [1.165, 1.54) is 11.0 Å². The summed E-state index contributed by atoms with van der Waals surface area (Å²) in [4.78, 5) is 19.1. The first-order valence-electron chi connectivity index (χ1n) is 8.69. The monoisotopic (exact) mass is 394 g/mol. The summed E-state index contributed by atoms with van der Waals surface area (Å²) in [6, 6.07) is 18.8. The molecule has 0 aliphatic carbocycles. The molecule has 0 spiro atoms. The van der Waals surface area contributed by atoms with Crippen molar-refractivity contribution in [3.05, 3.63) is 95.1 Å². The second-order valence-corrected chi connectivity index (χ2v) is 7.49. The minimum Gasteiger partial charge on any atom is -0.279 e. The molecule has 1 amide bonds. The van der Waals surface area contributed by atoms with Crippen LogP contribution in [0.15, 0.2) is 66.7 Å². The highest BCUT2D eigenvalue weighted by molar-refractivity contribution is 7.22. The van der Waals surface area contributed by atoms with Crippen LogP contribution in [0.2, 0.25) is 0 Å². The van der Waals surface area contributed by atoms with Gasteiger partial charge in [0, 0.05) is 11.6 Å². The molecule has 0 unspecified atom stereocenters. The molecule has 0 saturated carbocycles. The molecule has 4 aromatic rings. The fourth-order valence-electron chi connectivity index (χ4n) is 2.99. The van der Waals surface area contributed by atoms with Crippen LogP contribution in [0.4, 0.5) is 13.9 Å². The summed E-state index contributed by atoms with van der Waals surface area (Å²) >= 11 is 1.09. The number of carbonyl (C=O) groups excluding carboxylic acids is 1. The van der Waals surface area contributed by atoms with Crippen molar-refractivity contribution < 1.29 is 13.6 Å². The van der Waals surface area contributed by atoms with Gasteiger partial charge >= 0.3 is 0 Å². The lowest BCUT2D eigenvalue weighted by atomic mass is 10.1. The summed E-state index contributed by atoms with van der Waals surface area (Å²) in [7, 11) is 0. The van der Waals surface area contributed by atoms with E-state index in [1.807, 2.05) is 49.4 Å². The number of hydrogen-bond acceptors (Lipinski definition) is 3. The van der Waals surface area contributed by atoms with E-state index in [9.17, 15) is 13.6 Å². The molecule has 140 valence electrons. The van der Waals surface area contributed by atoms with E-state index in [-0.39, 0.29) is 18.0 Å². The van der Waals surface area contributed by atoms with Gasteiger partial charge in [-0.25, -0.2) is 13.8 Å². The Labute approximate surface area is 164 Å². The lowest BCUT2D eigenvalue weighted by Gasteiger charge is -2.20. The van der Waals surface area contributed by atoms with E-state index >= 15 is 0 Å². The molecule has 4 rings (SSSR count). The number of thiazole rings is 1. The van der Waals surface area contributed by atoms with E-state index in [0.717, 1.165) is 28.5 Å². The Kier molecular flexibility index (Phi) is 4.88. The molecule has 0 fully saturated rings. The van der Waals surface area contributed by atoms with Crippen molar-refractivity contribution in [2.24, 2.45) is 0 Å². The van der Waals surface area contributed by atoms with Crippen molar-refractivity contribution in [3.63, 3.8) is 0 Å². The molecule has 0 aliphatic rings. The van der Waals surface area contributed by atoms with Gasteiger partial charge in [0.2, 0.25) is 0 Å². The second-order valence-electron chi connectivity index (χ2n) is 6.48. The number of benzene rings is 3. The van der Waals surface area contributed by atoms with Crippen LogP contribution in [0.25, 0.3) is 10.2 Å². The Balaban J connectivity index is 1.80. The van der Waals surface area contributed by atoms with Gasteiger partial charge in [-0.2, -0.15) is 0 Å². The van der Waals surface area contributed by atoms with Crippen molar-refractivity contribution in [1.29, 1.82) is 0 Å². The Morgan fingerprint density at radius 3 is 2.57 bits per heavy atom. The highest BCUT2D eigenvalue weighted by Crippen LogP contribution is 2.32. The van der Waals surface area contributed by atoms with Crippen molar-refractivity contribution >= 4 is 32.6 Å². The maximum atomic E-state index is 14.1. The molecule has 3 nitrogen and oxygen atoms in total. The average Bonchev–Trinajstić information content (AvgIpc) is 3.10. The van der Waals surface area contributed by atoms with Crippen molar-refractivity contribution in [2.75, 3.05) is 4.90 Å². The number of amides is 1. The number of fused-ring (bicyclic) bond motifs is 1. The minimum absolute atomic E-state index is 0.0662. The highest BCUT2D eigenvalue weighted by atomic mass is 32.1. The van der Waals surface area contributed by atoms with E-state index < -0.39 is 11.6 Å². The maximum Gasteiger partial charge on any atom is 0.260 e. The molecule has 6 heteroatoms. The smallest absolute Gasteiger partial charge is 0.260 e. The van der Waals surface area contributed by atoms with Gasteiger partial charge in [0.05, 0.1) is 11.2 Å². The fraction of sp³-hybridized carbons (Fsp3) is 0.0909. The summed E-state index contributed by atoms with van der Waals surface area (Å²) in [6.45, 7) is 2.19. The van der Waals surface area contributed by atoms with E-state index in [1.54, 1.807) is 12.1 Å². The number of nitrogens with zero attached hydrogens (tertiary/aromatic N) is 2. The largest absolute Gasteiger partial charge is 0.279 e. The molecule has 1 aromatic heterocycles. The van der Waals surface area contributed by atoms with E-state index in [4.69, 9.17) is 0 Å². The summed E-state index contributed by atoms with van der Waals surface area (Å²) in [5, 5.41) is 0.329. The predicted octanol–water partition coefficient (Wildman–Crippen LogP) is 5.73. The van der Waals surface area contributed by atoms with Gasteiger partial charge in [-0.3, -0.25) is 9.69 Å². The zero-order chi connectivity index (χ0) is 19.7. The lowest BCUT2D eigenvalue weighted by molar-refractivity contribution is 0.0985. The van der Waals surface area contributed by atoms with Gasteiger partial charge in [0.1, 0.15) is 11.3 Å². The van der Waals surface area contributed by atoms with Crippen LogP contribution >= 0.6 is 11.3 Å². The third kappa shape index (κ3) is 3.64. The van der Waals surface area contributed by atoms with Crippen molar-refractivity contribution in [2.45, 2.75) is 13.5 Å². The molecule has 0 saturated heterocycles. The topological polar surface area (TPSA) is 33.2 Å². The van der Waals surface area contributed by atoms with Crippen LogP contribution in [0, 0.1) is 18.6 Å². The second kappa shape index (κ2) is 7.48. The van der Waals surface area contributed by atoms with Gasteiger partial charge in [-0.1, -0.05) is 59.4 Å². The first-order valence-corrected chi connectivity index (χ1v) is 9.51. The zero-order valence-corrected chi connectivity index (χ0v) is 15.8. The van der Waals surface area contributed by atoms with Crippen molar-refractivity contribution in [1.82, 2.24) is 4.98 Å². The fourth-order valence-corrected chi connectivity index (χ4v) is 3.99. The Hall–Kier alpha value is -3.12. The minimum atomic E-state index is -0.736. The zero-order valence-electron chi connectivity index (χ0n) is 15.0. The highest BCUT2D eigenvalue weighted by Gasteiger charge is 2.23. The molecular formula is C22H16F2N2OS. The summed E-state index contributed by atoms with van der Waals surface area (Å²) in [6.07, 6.45) is 0. The quantitative estimate of drug-likeness (QED) is 0.443. The molecule has 0 radical (unpaired) electrons. The van der Waals surface area contributed by atoms with E-state index in [2.05, 4.69) is 4.98 Å². The van der Waals surface area contributed by atoms with Crippen LogP contribution in [0.1, 0.15) is 21.5 Å². The molecule has 1 heterocycles. The number of carbonyl (C=O) groups is 1. The SMILES string of the molecule is Cc1cccc(C(=O)N(Cc2ccccc2)c2nc3c(F)cc(F)cc3s2)c1. The molecule has 0 atom stereocenters. The number of halogens is 2. The molecular weight excluding hydrogens is 378 g/mol. The summed E-state index contributed by atoms with van der Waals surface area (Å²) < 4.78 is 28.1. The summed E-state index contributed by atoms with van der Waals surface area (Å²) in [5.74, 6) is -1.65. The van der Waals surface area contributed by atoms with Gasteiger partial charge in [0.25, 0.3) is 5.91 Å². The van der Waals surface area contributed by atoms with Crippen molar-refractivity contribution in [3.8, 4) is 0 Å². The molecule has 0 bridgehead atoms. The number of anilines is 1. The molecule has 28 heavy (non-hydrogen) atoms. The third-order valence-electron chi connectivity index (χ3n) is 4.33. The average molecular weight is 394 g/mol. The number of aryl methyl sites for hydroxylation is 1. The van der Waals surface area contributed by atoms with Crippen LogP contribution in [0.5, 0.6) is 0 Å². The summed E-state index contributed by atoms with van der Waals surface area (Å²) in [5.41, 5.74) is 2.45. The van der Waals surface area contributed by atoms with Crippen LogP contribution in [-0.4, -0.2) is 10.9 Å². The van der Waals surface area contributed by atoms with Crippen LogP contribution in [0.3, 0.4) is 0 Å². The Morgan fingerprint density at radius 2 is 1.82 bits per heavy atom. The van der Waals surface area contributed by atoms with Crippen LogP contribution in [-0.2, 0) is 6.54 Å². The standard InChI is InChI=1S/C22H16F2N2OS/c1-14-6-5-9-16(10-14)21(27)26(13-15-7-3-2-4-8-15)22-25-20-18(24)11-17(23)12-19(20)28-22/h2-12H,13H2,1H3. The van der Waals surface area contributed by atoms with E-state index in [0.29, 0.717) is 15.4 Å². The number of aromatic nitrogens is 1. The maximum absolute atomic E-state index is 14.1. The third-order valence-corrected chi connectivity index (χ3v) is 5.35.